The molecular formula is C19H14ClN3O3S2. The molecule has 0 radical (unpaired) electrons. The van der Waals surface area contributed by atoms with Gasteiger partial charge in [0.25, 0.3) is 11.8 Å². The number of hydrazine groups is 1. The molecule has 6 nitrogen and oxygen atoms in total. The third-order valence-electron chi connectivity index (χ3n) is 3.64. The molecule has 1 aliphatic rings. The molecule has 0 unspecified atom stereocenters. The lowest BCUT2D eigenvalue weighted by Gasteiger charge is -2.15. The number of rotatable bonds is 4. The van der Waals surface area contributed by atoms with Gasteiger partial charge in [-0.3, -0.25) is 19.8 Å². The maximum absolute atomic E-state index is 12.6. The number of carbonyl (C=O) groups excluding carboxylic acids is 3. The molecule has 1 aliphatic heterocycles. The van der Waals surface area contributed by atoms with E-state index < -0.39 is 11.8 Å². The molecule has 9 heteroatoms. The lowest BCUT2D eigenvalue weighted by molar-refractivity contribution is -0.123. The van der Waals surface area contributed by atoms with Gasteiger partial charge < -0.3 is 5.32 Å². The standard InChI is InChI=1S/C19H14ClN3O3S2/c1-11(24)21-15-8-2-12(3-9-15)10-16-18(26)23(19(27)28-16)22-17(25)13-4-6-14(20)7-5-13/h2-10H,1H3,(H,21,24)(H,22,25)/b16-10-. The van der Waals surface area contributed by atoms with Gasteiger partial charge in [0.2, 0.25) is 5.91 Å². The second-order valence-corrected chi connectivity index (χ2v) is 7.88. The van der Waals surface area contributed by atoms with Crippen LogP contribution < -0.4 is 10.7 Å². The van der Waals surface area contributed by atoms with Crippen LogP contribution in [0.3, 0.4) is 0 Å². The Hall–Kier alpha value is -2.68. The Morgan fingerprint density at radius 2 is 1.75 bits per heavy atom. The number of carbonyl (C=O) groups is 3. The molecule has 28 heavy (non-hydrogen) atoms. The van der Waals surface area contributed by atoms with Crippen molar-refractivity contribution in [3.8, 4) is 0 Å². The smallest absolute Gasteiger partial charge is 0.285 e. The topological polar surface area (TPSA) is 78.5 Å². The third-order valence-corrected chi connectivity index (χ3v) is 5.20. The summed E-state index contributed by atoms with van der Waals surface area (Å²) in [4.78, 5) is 36.4. The van der Waals surface area contributed by atoms with Gasteiger partial charge in [-0.15, -0.1) is 0 Å². The Morgan fingerprint density at radius 3 is 2.36 bits per heavy atom. The molecule has 1 heterocycles. The van der Waals surface area contributed by atoms with Gasteiger partial charge in [-0.1, -0.05) is 35.5 Å². The highest BCUT2D eigenvalue weighted by atomic mass is 35.5. The molecular weight excluding hydrogens is 418 g/mol. The van der Waals surface area contributed by atoms with Crippen molar-refractivity contribution in [2.75, 3.05) is 5.32 Å². The molecule has 1 saturated heterocycles. The maximum Gasteiger partial charge on any atom is 0.285 e. The van der Waals surface area contributed by atoms with Crippen molar-refractivity contribution >= 4 is 69.4 Å². The summed E-state index contributed by atoms with van der Waals surface area (Å²) in [5.41, 5.74) is 4.29. The highest BCUT2D eigenvalue weighted by Crippen LogP contribution is 2.31. The van der Waals surface area contributed by atoms with Crippen molar-refractivity contribution in [3.05, 3.63) is 69.6 Å². The van der Waals surface area contributed by atoms with E-state index >= 15 is 0 Å². The minimum Gasteiger partial charge on any atom is -0.326 e. The third kappa shape index (κ3) is 4.78. The summed E-state index contributed by atoms with van der Waals surface area (Å²) in [5, 5.41) is 4.23. The van der Waals surface area contributed by atoms with E-state index in [1.165, 1.54) is 6.92 Å². The highest BCUT2D eigenvalue weighted by Gasteiger charge is 2.33. The molecule has 0 bridgehead atoms. The average Bonchev–Trinajstić information content (AvgIpc) is 2.91. The van der Waals surface area contributed by atoms with Crippen LogP contribution in [0, 0.1) is 0 Å². The van der Waals surface area contributed by atoms with E-state index in [4.69, 9.17) is 23.8 Å². The number of halogens is 1. The van der Waals surface area contributed by atoms with Crippen LogP contribution >= 0.6 is 35.6 Å². The number of nitrogens with zero attached hydrogens (tertiary/aromatic N) is 1. The van der Waals surface area contributed by atoms with Gasteiger partial charge in [-0.25, -0.2) is 0 Å². The fourth-order valence-corrected chi connectivity index (χ4v) is 3.65. The Labute approximate surface area is 175 Å². The van der Waals surface area contributed by atoms with Crippen molar-refractivity contribution in [2.45, 2.75) is 6.92 Å². The molecule has 2 aromatic carbocycles. The largest absolute Gasteiger partial charge is 0.326 e. The fraction of sp³-hybridized carbons (Fsp3) is 0.0526. The second kappa shape index (κ2) is 8.55. The second-order valence-electron chi connectivity index (χ2n) is 5.77. The van der Waals surface area contributed by atoms with E-state index in [1.807, 2.05) is 0 Å². The van der Waals surface area contributed by atoms with E-state index in [0.29, 0.717) is 21.2 Å². The van der Waals surface area contributed by atoms with Crippen LogP contribution in [0.25, 0.3) is 6.08 Å². The normalized spacial score (nSPS) is 15.1. The first-order chi connectivity index (χ1) is 13.3. The minimum absolute atomic E-state index is 0.162. The Morgan fingerprint density at radius 1 is 1.11 bits per heavy atom. The fourth-order valence-electron chi connectivity index (χ4n) is 2.35. The molecule has 3 rings (SSSR count). The lowest BCUT2D eigenvalue weighted by Crippen LogP contribution is -2.44. The predicted molar refractivity (Wildman–Crippen MR) is 115 cm³/mol. The van der Waals surface area contributed by atoms with E-state index in [9.17, 15) is 14.4 Å². The number of nitrogens with one attached hydrogen (secondary N) is 2. The van der Waals surface area contributed by atoms with Crippen LogP contribution in [0.1, 0.15) is 22.8 Å². The first-order valence-corrected chi connectivity index (χ1v) is 9.66. The number of thiocarbonyl (C=S) groups is 1. The van der Waals surface area contributed by atoms with Crippen molar-refractivity contribution in [1.82, 2.24) is 10.4 Å². The van der Waals surface area contributed by atoms with Crippen molar-refractivity contribution in [3.63, 3.8) is 0 Å². The summed E-state index contributed by atoms with van der Waals surface area (Å²) in [7, 11) is 0. The van der Waals surface area contributed by atoms with Gasteiger partial charge in [-0.05, 0) is 60.3 Å². The number of anilines is 1. The summed E-state index contributed by atoms with van der Waals surface area (Å²) in [5.74, 6) is -1.04. The van der Waals surface area contributed by atoms with Crippen molar-refractivity contribution in [2.24, 2.45) is 0 Å². The molecule has 2 N–H and O–H groups in total. The van der Waals surface area contributed by atoms with E-state index in [2.05, 4.69) is 10.7 Å². The number of benzene rings is 2. The zero-order chi connectivity index (χ0) is 20.3. The molecule has 0 atom stereocenters. The van der Waals surface area contributed by atoms with Crippen molar-refractivity contribution in [1.29, 1.82) is 0 Å². The average molecular weight is 432 g/mol. The maximum atomic E-state index is 12.6. The Bertz CT molecular complexity index is 988. The number of amides is 3. The molecule has 1 fully saturated rings. The van der Waals surface area contributed by atoms with E-state index in [0.717, 1.165) is 22.3 Å². The first kappa shape index (κ1) is 20.1. The van der Waals surface area contributed by atoms with Gasteiger partial charge in [0.1, 0.15) is 0 Å². The van der Waals surface area contributed by atoms with Crippen molar-refractivity contribution < 1.29 is 14.4 Å². The predicted octanol–water partition coefficient (Wildman–Crippen LogP) is 3.84. The van der Waals surface area contributed by atoms with E-state index in [-0.39, 0.29) is 10.2 Å². The molecule has 0 spiro atoms. The Balaban J connectivity index is 1.72. The summed E-state index contributed by atoms with van der Waals surface area (Å²) < 4.78 is 0.230. The van der Waals surface area contributed by atoms with Gasteiger partial charge in [0.15, 0.2) is 4.32 Å². The highest BCUT2D eigenvalue weighted by molar-refractivity contribution is 8.26. The minimum atomic E-state index is -0.464. The molecule has 142 valence electrons. The number of hydrogen-bond donors (Lipinski definition) is 2. The lowest BCUT2D eigenvalue weighted by atomic mass is 10.2. The molecule has 0 saturated carbocycles. The van der Waals surface area contributed by atoms with E-state index in [1.54, 1.807) is 54.6 Å². The molecule has 0 aliphatic carbocycles. The SMILES string of the molecule is CC(=O)Nc1ccc(/C=C2\SC(=S)N(NC(=O)c3ccc(Cl)cc3)C2=O)cc1. The Kier molecular flexibility index (Phi) is 6.13. The number of thioether (sulfide) groups is 1. The quantitative estimate of drug-likeness (QED) is 0.568. The van der Waals surface area contributed by atoms with Crippen LogP contribution in [-0.4, -0.2) is 27.1 Å². The monoisotopic (exact) mass is 431 g/mol. The van der Waals surface area contributed by atoms with Crippen LogP contribution in [0.5, 0.6) is 0 Å². The van der Waals surface area contributed by atoms with Gasteiger partial charge in [0.05, 0.1) is 4.91 Å². The van der Waals surface area contributed by atoms with Crippen LogP contribution in [0.15, 0.2) is 53.4 Å². The zero-order valence-corrected chi connectivity index (χ0v) is 17.0. The zero-order valence-electron chi connectivity index (χ0n) is 14.6. The molecule has 2 aromatic rings. The summed E-state index contributed by atoms with van der Waals surface area (Å²) in [6.07, 6.45) is 1.67. The number of hydrogen-bond acceptors (Lipinski definition) is 5. The molecule has 0 aromatic heterocycles. The van der Waals surface area contributed by atoms with Gasteiger partial charge in [0, 0.05) is 23.2 Å². The molecule has 3 amide bonds. The van der Waals surface area contributed by atoms with Gasteiger partial charge in [-0.2, -0.15) is 5.01 Å². The van der Waals surface area contributed by atoms with Crippen LogP contribution in [-0.2, 0) is 9.59 Å². The van der Waals surface area contributed by atoms with Crippen LogP contribution in [0.2, 0.25) is 5.02 Å². The summed E-state index contributed by atoms with van der Waals surface area (Å²) in [6, 6.07) is 13.3. The summed E-state index contributed by atoms with van der Waals surface area (Å²) >= 11 is 12.1. The first-order valence-electron chi connectivity index (χ1n) is 8.05. The van der Waals surface area contributed by atoms with Gasteiger partial charge >= 0.3 is 0 Å². The summed E-state index contributed by atoms with van der Waals surface area (Å²) in [6.45, 7) is 1.43. The van der Waals surface area contributed by atoms with Crippen LogP contribution in [0.4, 0.5) is 5.69 Å².